The number of benzene rings is 1. The molecule has 1 amide bonds. The Morgan fingerprint density at radius 3 is 3.05 bits per heavy atom. The van der Waals surface area contributed by atoms with Gasteiger partial charge in [0, 0.05) is 10.2 Å². The maximum absolute atomic E-state index is 12.1. The van der Waals surface area contributed by atoms with E-state index in [1.165, 1.54) is 22.2 Å². The maximum atomic E-state index is 12.1. The zero-order valence-corrected chi connectivity index (χ0v) is 12.2. The Balaban J connectivity index is 1.86. The van der Waals surface area contributed by atoms with E-state index >= 15 is 0 Å². The molecule has 3 rings (SSSR count). The van der Waals surface area contributed by atoms with Gasteiger partial charge in [0.15, 0.2) is 0 Å². The summed E-state index contributed by atoms with van der Waals surface area (Å²) in [5, 5.41) is 14.8. The predicted molar refractivity (Wildman–Crippen MR) is 75.5 cm³/mol. The fraction of sp³-hybridized carbons (Fsp3) is 0.0909. The summed E-state index contributed by atoms with van der Waals surface area (Å²) >= 11 is 4.58. The number of rotatable bonds is 2. The van der Waals surface area contributed by atoms with Gasteiger partial charge in [-0.15, -0.1) is 15.3 Å². The van der Waals surface area contributed by atoms with Crippen LogP contribution in [-0.4, -0.2) is 25.7 Å². The Bertz CT molecular complexity index is 737. The summed E-state index contributed by atoms with van der Waals surface area (Å²) in [5.74, 6) is -0.249. The number of hydrogen-bond donors (Lipinski definition) is 1. The lowest BCUT2D eigenvalue weighted by atomic mass is 10.2. The fourth-order valence-corrected chi connectivity index (χ4v) is 2.79. The molecule has 8 heteroatoms. The van der Waals surface area contributed by atoms with Crippen molar-refractivity contribution in [1.29, 1.82) is 0 Å². The van der Waals surface area contributed by atoms with Gasteiger partial charge in [-0.2, -0.15) is 4.52 Å². The number of hydrogen-bond acceptors (Lipinski definition) is 5. The highest BCUT2D eigenvalue weighted by Crippen LogP contribution is 2.21. The molecular weight excluding hydrogens is 330 g/mol. The summed E-state index contributed by atoms with van der Waals surface area (Å²) in [6, 6.07) is 5.66. The number of halogens is 1. The molecule has 2 aromatic heterocycles. The number of amides is 1. The summed E-state index contributed by atoms with van der Waals surface area (Å²) < 4.78 is 2.45. The first-order valence-corrected chi connectivity index (χ1v) is 6.99. The third-order valence-electron chi connectivity index (χ3n) is 2.52. The summed E-state index contributed by atoms with van der Waals surface area (Å²) in [7, 11) is 0. The van der Waals surface area contributed by atoms with E-state index in [0.717, 1.165) is 15.7 Å². The second kappa shape index (κ2) is 4.71. The zero-order valence-electron chi connectivity index (χ0n) is 9.79. The van der Waals surface area contributed by atoms with Gasteiger partial charge >= 0.3 is 0 Å². The number of fused-ring (bicyclic) bond motifs is 1. The van der Waals surface area contributed by atoms with Crippen LogP contribution in [-0.2, 0) is 0 Å². The van der Waals surface area contributed by atoms with Crippen molar-refractivity contribution < 1.29 is 4.79 Å². The maximum Gasteiger partial charge on any atom is 0.286 e. The molecule has 0 spiro atoms. The van der Waals surface area contributed by atoms with Crippen molar-refractivity contribution >= 4 is 43.8 Å². The van der Waals surface area contributed by atoms with Gasteiger partial charge in [-0.25, -0.2) is 0 Å². The van der Waals surface area contributed by atoms with Crippen molar-refractivity contribution in [3.05, 3.63) is 39.6 Å². The molecule has 0 aliphatic rings. The third-order valence-corrected chi connectivity index (χ3v) is 3.92. The normalized spacial score (nSPS) is 10.8. The number of aromatic nitrogens is 4. The van der Waals surface area contributed by atoms with E-state index in [2.05, 4.69) is 36.5 Å². The highest BCUT2D eigenvalue weighted by atomic mass is 79.9. The highest BCUT2D eigenvalue weighted by molar-refractivity contribution is 9.10. The van der Waals surface area contributed by atoms with Crippen molar-refractivity contribution in [2.24, 2.45) is 0 Å². The van der Waals surface area contributed by atoms with Gasteiger partial charge < -0.3 is 5.32 Å². The lowest BCUT2D eigenvalue weighted by Gasteiger charge is -2.06. The van der Waals surface area contributed by atoms with Crippen molar-refractivity contribution in [3.8, 4) is 0 Å². The summed E-state index contributed by atoms with van der Waals surface area (Å²) in [5.41, 5.74) is 1.74. The molecule has 3 aromatic rings. The molecule has 1 N–H and O–H groups in total. The summed E-state index contributed by atoms with van der Waals surface area (Å²) in [6.45, 7) is 1.93. The molecule has 1 aromatic carbocycles. The number of carbonyl (C=O) groups excluding carboxylic acids is 1. The molecule has 0 atom stereocenters. The second-order valence-electron chi connectivity index (χ2n) is 3.88. The van der Waals surface area contributed by atoms with Gasteiger partial charge in [0.1, 0.15) is 6.33 Å². The minimum atomic E-state index is -0.249. The molecule has 0 radical (unpaired) electrons. The van der Waals surface area contributed by atoms with E-state index < -0.39 is 0 Å². The lowest BCUT2D eigenvalue weighted by molar-refractivity contribution is 0.102. The van der Waals surface area contributed by atoms with Crippen LogP contribution in [0.15, 0.2) is 29.0 Å². The van der Waals surface area contributed by atoms with Gasteiger partial charge in [-0.3, -0.25) is 4.79 Å². The average molecular weight is 338 g/mol. The lowest BCUT2D eigenvalue weighted by Crippen LogP contribution is -2.12. The molecule has 0 fully saturated rings. The van der Waals surface area contributed by atoms with E-state index in [4.69, 9.17) is 0 Å². The van der Waals surface area contributed by atoms with Gasteiger partial charge in [0.2, 0.25) is 9.97 Å². The standard InChI is InChI=1S/C11H8BrN5OS/c1-6-4-7(12)2-3-8(6)14-9(18)10-16-17-5-13-15-11(17)19-10/h2-5H,1H3,(H,14,18). The first-order chi connectivity index (χ1) is 9.13. The van der Waals surface area contributed by atoms with E-state index in [-0.39, 0.29) is 5.91 Å². The number of nitrogens with one attached hydrogen (secondary N) is 1. The SMILES string of the molecule is Cc1cc(Br)ccc1NC(=O)c1nn2cnnc2s1. The quantitative estimate of drug-likeness (QED) is 0.779. The monoisotopic (exact) mass is 337 g/mol. The topological polar surface area (TPSA) is 72.2 Å². The van der Waals surface area contributed by atoms with Crippen molar-refractivity contribution in [1.82, 2.24) is 19.8 Å². The number of aryl methyl sites for hydroxylation is 1. The molecule has 19 heavy (non-hydrogen) atoms. The second-order valence-corrected chi connectivity index (χ2v) is 5.75. The number of anilines is 1. The Morgan fingerprint density at radius 1 is 1.47 bits per heavy atom. The Kier molecular flexibility index (Phi) is 3.03. The van der Waals surface area contributed by atoms with Crippen molar-refractivity contribution in [2.75, 3.05) is 5.32 Å². The molecule has 2 heterocycles. The summed E-state index contributed by atoms with van der Waals surface area (Å²) in [4.78, 5) is 12.7. The van der Waals surface area contributed by atoms with Crippen LogP contribution in [0.1, 0.15) is 15.4 Å². The minimum absolute atomic E-state index is 0.249. The minimum Gasteiger partial charge on any atom is -0.320 e. The molecular formula is C11H8BrN5OS. The molecule has 0 aliphatic carbocycles. The zero-order chi connectivity index (χ0) is 13.4. The first kappa shape index (κ1) is 12.2. The van der Waals surface area contributed by atoms with Gasteiger partial charge in [-0.1, -0.05) is 27.3 Å². The van der Waals surface area contributed by atoms with Crippen molar-refractivity contribution in [2.45, 2.75) is 6.92 Å². The molecule has 0 saturated heterocycles. The molecule has 0 unspecified atom stereocenters. The molecule has 6 nitrogen and oxygen atoms in total. The predicted octanol–water partition coefficient (Wildman–Crippen LogP) is 2.51. The van der Waals surface area contributed by atoms with E-state index in [1.54, 1.807) is 0 Å². The van der Waals surface area contributed by atoms with Gasteiger partial charge in [0.05, 0.1) is 0 Å². The highest BCUT2D eigenvalue weighted by Gasteiger charge is 2.14. The average Bonchev–Trinajstić information content (AvgIpc) is 2.93. The molecule has 96 valence electrons. The van der Waals surface area contributed by atoms with Gasteiger partial charge in [-0.05, 0) is 30.7 Å². The van der Waals surface area contributed by atoms with Crippen LogP contribution in [0.5, 0.6) is 0 Å². The van der Waals surface area contributed by atoms with Crippen LogP contribution < -0.4 is 5.32 Å². The van der Waals surface area contributed by atoms with Gasteiger partial charge in [0.25, 0.3) is 5.91 Å². The molecule has 0 aliphatic heterocycles. The third kappa shape index (κ3) is 2.36. The van der Waals surface area contributed by atoms with Crippen LogP contribution in [0.4, 0.5) is 5.69 Å². The number of nitrogens with zero attached hydrogens (tertiary/aromatic N) is 4. The van der Waals surface area contributed by atoms with Crippen LogP contribution in [0.2, 0.25) is 0 Å². The smallest absolute Gasteiger partial charge is 0.286 e. The fourth-order valence-electron chi connectivity index (χ4n) is 1.59. The Labute approximate surface area is 120 Å². The van der Waals surface area contributed by atoms with Crippen LogP contribution in [0.3, 0.4) is 0 Å². The van der Waals surface area contributed by atoms with E-state index in [1.807, 2.05) is 25.1 Å². The van der Waals surface area contributed by atoms with E-state index in [0.29, 0.717) is 9.97 Å². The molecule has 0 saturated carbocycles. The van der Waals surface area contributed by atoms with Crippen LogP contribution in [0.25, 0.3) is 4.96 Å². The summed E-state index contributed by atoms with van der Waals surface area (Å²) in [6.07, 6.45) is 1.47. The van der Waals surface area contributed by atoms with Crippen LogP contribution >= 0.6 is 27.3 Å². The Hall–Kier alpha value is -1.80. The largest absolute Gasteiger partial charge is 0.320 e. The first-order valence-electron chi connectivity index (χ1n) is 5.38. The number of carbonyl (C=O) groups is 1. The Morgan fingerprint density at radius 2 is 2.32 bits per heavy atom. The molecule has 0 bridgehead atoms. The van der Waals surface area contributed by atoms with Crippen LogP contribution in [0, 0.1) is 6.92 Å². The van der Waals surface area contributed by atoms with Crippen molar-refractivity contribution in [3.63, 3.8) is 0 Å². The van der Waals surface area contributed by atoms with E-state index in [9.17, 15) is 4.79 Å².